The highest BCUT2D eigenvalue weighted by Gasteiger charge is 2.03. The molecule has 23 heavy (non-hydrogen) atoms. The average molecular weight is 312 g/mol. The Morgan fingerprint density at radius 2 is 1.83 bits per heavy atom. The Morgan fingerprint density at radius 3 is 2.43 bits per heavy atom. The SMILES string of the molecule is COc1ccc(OC)c(N=CC=Cc2ccc([N+](=O)[O-])cc2)c1. The predicted octanol–water partition coefficient (Wildman–Crippen LogP) is 4.03. The maximum absolute atomic E-state index is 10.6. The number of allylic oxidation sites excluding steroid dienone is 1. The number of non-ortho nitro benzene ring substituents is 1. The van der Waals surface area contributed by atoms with Crippen molar-refractivity contribution < 1.29 is 14.4 Å². The summed E-state index contributed by atoms with van der Waals surface area (Å²) in [6.45, 7) is 0. The van der Waals surface area contributed by atoms with Crippen LogP contribution in [0.3, 0.4) is 0 Å². The Kier molecular flexibility index (Phi) is 5.46. The zero-order valence-corrected chi connectivity index (χ0v) is 12.8. The number of nitro groups is 1. The summed E-state index contributed by atoms with van der Waals surface area (Å²) in [5, 5.41) is 10.6. The molecule has 0 aliphatic carbocycles. The van der Waals surface area contributed by atoms with Crippen LogP contribution in [0.25, 0.3) is 6.08 Å². The molecule has 6 heteroatoms. The van der Waals surface area contributed by atoms with E-state index >= 15 is 0 Å². The van der Waals surface area contributed by atoms with Gasteiger partial charge in [-0.05, 0) is 35.9 Å². The highest BCUT2D eigenvalue weighted by Crippen LogP contribution is 2.31. The molecule has 0 atom stereocenters. The topological polar surface area (TPSA) is 74.0 Å². The van der Waals surface area contributed by atoms with Crippen molar-refractivity contribution in [3.8, 4) is 11.5 Å². The van der Waals surface area contributed by atoms with Gasteiger partial charge in [0.2, 0.25) is 0 Å². The second kappa shape index (κ2) is 7.74. The van der Waals surface area contributed by atoms with E-state index in [2.05, 4.69) is 4.99 Å². The zero-order chi connectivity index (χ0) is 16.7. The smallest absolute Gasteiger partial charge is 0.269 e. The number of benzene rings is 2. The van der Waals surface area contributed by atoms with Gasteiger partial charge >= 0.3 is 0 Å². The molecule has 2 rings (SSSR count). The first-order valence-corrected chi connectivity index (χ1v) is 6.81. The van der Waals surface area contributed by atoms with Crippen LogP contribution in [0.1, 0.15) is 5.56 Å². The van der Waals surface area contributed by atoms with Gasteiger partial charge in [0.25, 0.3) is 5.69 Å². The molecule has 0 spiro atoms. The second-order valence-corrected chi connectivity index (χ2v) is 4.52. The molecule has 0 saturated carbocycles. The third-order valence-electron chi connectivity index (χ3n) is 3.08. The number of ether oxygens (including phenoxy) is 2. The fraction of sp³-hybridized carbons (Fsp3) is 0.118. The molecule has 0 radical (unpaired) electrons. The van der Waals surface area contributed by atoms with Crippen molar-refractivity contribution in [2.45, 2.75) is 0 Å². The van der Waals surface area contributed by atoms with E-state index in [1.54, 1.807) is 62.9 Å². The Morgan fingerprint density at radius 1 is 1.09 bits per heavy atom. The first-order valence-electron chi connectivity index (χ1n) is 6.81. The molecule has 0 amide bonds. The number of nitrogens with zero attached hydrogens (tertiary/aromatic N) is 2. The molecule has 118 valence electrons. The summed E-state index contributed by atoms with van der Waals surface area (Å²) in [4.78, 5) is 14.5. The Labute approximate surface area is 133 Å². The van der Waals surface area contributed by atoms with Gasteiger partial charge in [-0.15, -0.1) is 0 Å². The molecule has 0 saturated heterocycles. The van der Waals surface area contributed by atoms with E-state index in [1.807, 2.05) is 0 Å². The van der Waals surface area contributed by atoms with Gasteiger partial charge in [0.1, 0.15) is 17.2 Å². The minimum absolute atomic E-state index is 0.0666. The van der Waals surface area contributed by atoms with Crippen LogP contribution in [0.4, 0.5) is 11.4 Å². The lowest BCUT2D eigenvalue weighted by Crippen LogP contribution is -1.87. The third kappa shape index (κ3) is 4.41. The van der Waals surface area contributed by atoms with Crippen molar-refractivity contribution in [2.75, 3.05) is 14.2 Å². The zero-order valence-electron chi connectivity index (χ0n) is 12.8. The largest absolute Gasteiger partial charge is 0.497 e. The number of nitro benzene ring substituents is 1. The molecule has 0 aliphatic heterocycles. The normalized spacial score (nSPS) is 11.0. The molecule has 0 aliphatic rings. The Bertz CT molecular complexity index is 737. The monoisotopic (exact) mass is 312 g/mol. The lowest BCUT2D eigenvalue weighted by Gasteiger charge is -2.06. The van der Waals surface area contributed by atoms with Crippen LogP contribution in [-0.2, 0) is 0 Å². The summed E-state index contributed by atoms with van der Waals surface area (Å²) in [6, 6.07) is 11.6. The van der Waals surface area contributed by atoms with E-state index in [0.717, 1.165) is 5.56 Å². The first-order chi connectivity index (χ1) is 11.1. The molecule has 0 aromatic heterocycles. The molecule has 0 N–H and O–H groups in total. The van der Waals surface area contributed by atoms with E-state index in [1.165, 1.54) is 12.1 Å². The van der Waals surface area contributed by atoms with Crippen molar-refractivity contribution in [3.05, 3.63) is 64.2 Å². The van der Waals surface area contributed by atoms with E-state index < -0.39 is 4.92 Å². The van der Waals surface area contributed by atoms with Crippen molar-refractivity contribution in [3.63, 3.8) is 0 Å². The molecule has 6 nitrogen and oxygen atoms in total. The maximum atomic E-state index is 10.6. The van der Waals surface area contributed by atoms with Crippen LogP contribution < -0.4 is 9.47 Å². The van der Waals surface area contributed by atoms with Gasteiger partial charge in [0.15, 0.2) is 0 Å². The summed E-state index contributed by atoms with van der Waals surface area (Å²) in [7, 11) is 3.16. The number of aliphatic imine (C=N–C) groups is 1. The lowest BCUT2D eigenvalue weighted by atomic mass is 10.2. The number of rotatable bonds is 6. The predicted molar refractivity (Wildman–Crippen MR) is 89.8 cm³/mol. The fourth-order valence-electron chi connectivity index (χ4n) is 1.88. The maximum Gasteiger partial charge on any atom is 0.269 e. The minimum atomic E-state index is -0.427. The van der Waals surface area contributed by atoms with Crippen LogP contribution in [0.2, 0.25) is 0 Å². The van der Waals surface area contributed by atoms with Crippen molar-refractivity contribution >= 4 is 23.7 Å². The first kappa shape index (κ1) is 16.2. The number of hydrogen-bond donors (Lipinski definition) is 0. The number of hydrogen-bond acceptors (Lipinski definition) is 5. The minimum Gasteiger partial charge on any atom is -0.497 e. The molecular formula is C17H16N2O4. The average Bonchev–Trinajstić information content (AvgIpc) is 2.58. The summed E-state index contributed by atoms with van der Waals surface area (Å²) in [6.07, 6.45) is 5.18. The van der Waals surface area contributed by atoms with Gasteiger partial charge in [-0.1, -0.05) is 6.08 Å². The Balaban J connectivity index is 2.10. The fourth-order valence-corrected chi connectivity index (χ4v) is 1.88. The van der Waals surface area contributed by atoms with E-state index in [-0.39, 0.29) is 5.69 Å². The van der Waals surface area contributed by atoms with Gasteiger partial charge < -0.3 is 9.47 Å². The quantitative estimate of drug-likeness (QED) is 0.458. The van der Waals surface area contributed by atoms with Gasteiger partial charge in [0.05, 0.1) is 19.1 Å². The van der Waals surface area contributed by atoms with Crippen LogP contribution in [0.15, 0.2) is 53.5 Å². The van der Waals surface area contributed by atoms with Gasteiger partial charge in [0, 0.05) is 24.4 Å². The summed E-state index contributed by atoms with van der Waals surface area (Å²) >= 11 is 0. The van der Waals surface area contributed by atoms with Crippen molar-refractivity contribution in [1.29, 1.82) is 0 Å². The second-order valence-electron chi connectivity index (χ2n) is 4.52. The molecule has 0 unspecified atom stereocenters. The van der Waals surface area contributed by atoms with Crippen LogP contribution >= 0.6 is 0 Å². The summed E-state index contributed by atoms with van der Waals surface area (Å²) in [5.41, 5.74) is 1.57. The standard InChI is InChI=1S/C17H16N2O4/c1-22-15-9-10-17(23-2)16(12-15)18-11-3-4-13-5-7-14(8-6-13)19(20)21/h3-12H,1-2H3. The third-order valence-corrected chi connectivity index (χ3v) is 3.08. The molecule has 2 aromatic carbocycles. The van der Waals surface area contributed by atoms with Gasteiger partial charge in [-0.3, -0.25) is 15.1 Å². The molecule has 0 heterocycles. The highest BCUT2D eigenvalue weighted by molar-refractivity contribution is 5.81. The van der Waals surface area contributed by atoms with Crippen molar-refractivity contribution in [1.82, 2.24) is 0 Å². The molecule has 0 bridgehead atoms. The van der Waals surface area contributed by atoms with Crippen LogP contribution in [0.5, 0.6) is 11.5 Å². The van der Waals surface area contributed by atoms with Gasteiger partial charge in [-0.2, -0.15) is 0 Å². The summed E-state index contributed by atoms with van der Waals surface area (Å²) in [5.74, 6) is 1.34. The summed E-state index contributed by atoms with van der Waals surface area (Å²) < 4.78 is 10.4. The Hall–Kier alpha value is -3.15. The van der Waals surface area contributed by atoms with E-state index in [9.17, 15) is 10.1 Å². The lowest BCUT2D eigenvalue weighted by molar-refractivity contribution is -0.384. The number of methoxy groups -OCH3 is 2. The van der Waals surface area contributed by atoms with Crippen molar-refractivity contribution in [2.24, 2.45) is 4.99 Å². The molecule has 0 fully saturated rings. The van der Waals surface area contributed by atoms with E-state index in [4.69, 9.17) is 9.47 Å². The molecule has 2 aromatic rings. The van der Waals surface area contributed by atoms with Crippen LogP contribution in [0, 0.1) is 10.1 Å². The highest BCUT2D eigenvalue weighted by atomic mass is 16.6. The van der Waals surface area contributed by atoms with Gasteiger partial charge in [-0.25, -0.2) is 0 Å². The molecular weight excluding hydrogens is 296 g/mol. The van der Waals surface area contributed by atoms with E-state index in [0.29, 0.717) is 17.2 Å². The van der Waals surface area contributed by atoms with Crippen LogP contribution in [-0.4, -0.2) is 25.4 Å².